The van der Waals surface area contributed by atoms with Crippen molar-refractivity contribution in [2.24, 2.45) is 0 Å². The second kappa shape index (κ2) is 1.27. The highest BCUT2D eigenvalue weighted by molar-refractivity contribution is 8.58. The van der Waals surface area contributed by atoms with Gasteiger partial charge in [0.05, 0.1) is 5.75 Å². The topological polar surface area (TPSA) is 17.1 Å². The fourth-order valence-electron chi connectivity index (χ4n) is 0.131. The van der Waals surface area contributed by atoms with Crippen molar-refractivity contribution in [1.29, 1.82) is 0 Å². The van der Waals surface area contributed by atoms with Crippen LogP contribution in [-0.4, -0.2) is 11.3 Å². The van der Waals surface area contributed by atoms with Crippen molar-refractivity contribution in [1.82, 2.24) is 0 Å². The molecule has 1 heterocycles. The van der Waals surface area contributed by atoms with Crippen molar-refractivity contribution in [2.45, 2.75) is 0 Å². The summed E-state index contributed by atoms with van der Waals surface area (Å²) in [5.41, 5.74) is 0.426. The number of rotatable bonds is 0. The number of hydrogen-bond acceptors (Lipinski definition) is 2. The van der Waals surface area contributed by atoms with Crippen LogP contribution in [-0.2, 0) is 4.79 Å². The summed E-state index contributed by atoms with van der Waals surface area (Å²) in [4.78, 5) is 9.89. The van der Waals surface area contributed by atoms with Crippen molar-refractivity contribution in [3.05, 3.63) is 0 Å². The van der Waals surface area contributed by atoms with Crippen LogP contribution < -0.4 is 0 Å². The van der Waals surface area contributed by atoms with E-state index >= 15 is 0 Å². The molecule has 1 atom stereocenters. The van der Waals surface area contributed by atoms with Gasteiger partial charge in [-0.2, -0.15) is 0 Å². The average molecular weight is 106 g/mol. The Kier molecular flexibility index (Phi) is 0.925. The van der Waals surface area contributed by atoms with Gasteiger partial charge < -0.3 is 0 Å². The zero-order valence-electron chi connectivity index (χ0n) is 2.52. The molecule has 0 spiro atoms. The Bertz CT molecular complexity index is 56.7. The van der Waals surface area contributed by atoms with Gasteiger partial charge in [0.15, 0.2) is 5.52 Å². The Balaban J connectivity index is 2.32. The van der Waals surface area contributed by atoms with E-state index in [-0.39, 0.29) is 0 Å². The van der Waals surface area contributed by atoms with Gasteiger partial charge >= 0.3 is 0 Å². The maximum atomic E-state index is 9.89. The molecule has 0 amide bonds. The summed E-state index contributed by atoms with van der Waals surface area (Å²) >= 11 is 1.72. The molecule has 1 fully saturated rings. The first-order valence-electron chi connectivity index (χ1n) is 1.30. The summed E-state index contributed by atoms with van der Waals surface area (Å²) in [7, 11) is 0.573. The molecule has 0 aromatic heterocycles. The molecule has 1 aliphatic rings. The highest BCUT2D eigenvalue weighted by atomic mass is 32.7. The lowest BCUT2D eigenvalue weighted by atomic mass is 10.9. The summed E-state index contributed by atoms with van der Waals surface area (Å²) in [6, 6.07) is 0. The van der Waals surface area contributed by atoms with Crippen molar-refractivity contribution in [2.75, 3.05) is 5.75 Å². The van der Waals surface area contributed by atoms with Crippen molar-refractivity contribution in [3.8, 4) is 0 Å². The van der Waals surface area contributed by atoms with Gasteiger partial charge in [0.1, 0.15) is 0 Å². The van der Waals surface area contributed by atoms with Crippen LogP contribution in [0, 0.1) is 0 Å². The van der Waals surface area contributed by atoms with Crippen LogP contribution in [0.1, 0.15) is 0 Å². The molecule has 0 radical (unpaired) electrons. The molecule has 0 aliphatic carbocycles. The van der Waals surface area contributed by atoms with Crippen LogP contribution in [0.2, 0.25) is 0 Å². The Morgan fingerprint density at radius 2 is 2.40 bits per heavy atom. The molecule has 1 nitrogen and oxygen atoms in total. The molecule has 0 aromatic carbocycles. The standard InChI is InChI=1S/C2H3OPS/c3-2-1-5-4-2/h4H,1H2. The van der Waals surface area contributed by atoms with E-state index in [4.69, 9.17) is 0 Å². The summed E-state index contributed by atoms with van der Waals surface area (Å²) in [5, 5.41) is 0. The lowest BCUT2D eigenvalue weighted by Crippen LogP contribution is -1.97. The van der Waals surface area contributed by atoms with Crippen LogP contribution in [0.25, 0.3) is 0 Å². The molecule has 1 unspecified atom stereocenters. The normalized spacial score (nSPS) is 26.8. The highest BCUT2D eigenvalue weighted by Gasteiger charge is 2.10. The molecule has 1 rings (SSSR count). The maximum absolute atomic E-state index is 9.89. The lowest BCUT2D eigenvalue weighted by Gasteiger charge is -2.04. The van der Waals surface area contributed by atoms with Gasteiger partial charge in [-0.15, -0.1) is 11.4 Å². The number of carbonyl (C=O) groups is 1. The van der Waals surface area contributed by atoms with Gasteiger partial charge in [-0.05, 0) is 0 Å². The van der Waals surface area contributed by atoms with Crippen LogP contribution in [0.3, 0.4) is 0 Å². The minimum Gasteiger partial charge on any atom is -0.293 e. The van der Waals surface area contributed by atoms with E-state index in [0.717, 1.165) is 5.75 Å². The van der Waals surface area contributed by atoms with Crippen LogP contribution in [0.5, 0.6) is 0 Å². The molecule has 3 heteroatoms. The van der Waals surface area contributed by atoms with Crippen molar-refractivity contribution in [3.63, 3.8) is 0 Å². The Labute approximate surface area is 36.0 Å². The minimum atomic E-state index is 0.426. The quantitative estimate of drug-likeness (QED) is 0.426. The fourth-order valence-corrected chi connectivity index (χ4v) is 1.18. The van der Waals surface area contributed by atoms with Gasteiger partial charge in [0.2, 0.25) is 0 Å². The van der Waals surface area contributed by atoms with Gasteiger partial charge in [-0.3, -0.25) is 4.79 Å². The number of hydrogen-bond donors (Lipinski definition) is 0. The Hall–Kier alpha value is 0.450. The summed E-state index contributed by atoms with van der Waals surface area (Å²) in [6.45, 7) is 0. The van der Waals surface area contributed by atoms with Gasteiger partial charge in [0.25, 0.3) is 0 Å². The Morgan fingerprint density at radius 3 is 2.40 bits per heavy atom. The van der Waals surface area contributed by atoms with Crippen molar-refractivity contribution < 1.29 is 4.79 Å². The predicted octanol–water partition coefficient (Wildman–Crippen LogP) is 0.853. The first-order chi connectivity index (χ1) is 2.39. The van der Waals surface area contributed by atoms with E-state index in [1.165, 1.54) is 0 Å². The first-order valence-corrected chi connectivity index (χ1v) is 4.01. The molecule has 0 aromatic rings. The smallest absolute Gasteiger partial charge is 0.171 e. The molecule has 0 saturated carbocycles. The van der Waals surface area contributed by atoms with E-state index in [1.807, 2.05) is 0 Å². The summed E-state index contributed by atoms with van der Waals surface area (Å²) in [5.74, 6) is 0.776. The van der Waals surface area contributed by atoms with Gasteiger partial charge in [0, 0.05) is 7.78 Å². The van der Waals surface area contributed by atoms with E-state index in [2.05, 4.69) is 0 Å². The lowest BCUT2D eigenvalue weighted by molar-refractivity contribution is -0.109. The fraction of sp³-hybridized carbons (Fsp3) is 0.500. The Morgan fingerprint density at radius 1 is 2.00 bits per heavy atom. The summed E-state index contributed by atoms with van der Waals surface area (Å²) in [6.07, 6.45) is 0. The molecule has 0 N–H and O–H groups in total. The molecule has 1 aliphatic heterocycles. The minimum absolute atomic E-state index is 0.426. The largest absolute Gasteiger partial charge is 0.293 e. The first kappa shape index (κ1) is 3.63. The van der Waals surface area contributed by atoms with E-state index in [9.17, 15) is 4.79 Å². The van der Waals surface area contributed by atoms with E-state index < -0.39 is 0 Å². The third-order valence-electron chi connectivity index (χ3n) is 0.389. The van der Waals surface area contributed by atoms with Gasteiger partial charge in [-0.1, -0.05) is 0 Å². The summed E-state index contributed by atoms with van der Waals surface area (Å²) < 4.78 is 0. The molecular formula is C2H3OPS. The molecule has 0 bridgehead atoms. The highest BCUT2D eigenvalue weighted by Crippen LogP contribution is 2.41. The average Bonchev–Trinajstić information content (AvgIpc) is 1.30. The zero-order chi connectivity index (χ0) is 3.70. The maximum Gasteiger partial charge on any atom is 0.171 e. The SMILES string of the molecule is O=C1CSP1. The molecule has 1 saturated heterocycles. The second-order valence-corrected chi connectivity index (χ2v) is 3.63. The van der Waals surface area contributed by atoms with Gasteiger partial charge in [-0.25, -0.2) is 0 Å². The predicted molar refractivity (Wildman–Crippen MR) is 25.8 cm³/mol. The monoisotopic (exact) mass is 106 g/mol. The van der Waals surface area contributed by atoms with E-state index in [1.54, 1.807) is 11.4 Å². The van der Waals surface area contributed by atoms with Crippen LogP contribution in [0.4, 0.5) is 0 Å². The molecular weight excluding hydrogens is 103 g/mol. The zero-order valence-corrected chi connectivity index (χ0v) is 4.34. The second-order valence-electron chi connectivity index (χ2n) is 0.814. The number of carbonyl (C=O) groups excluding carboxylic acids is 1. The third-order valence-corrected chi connectivity index (χ3v) is 3.15. The molecule has 28 valence electrons. The van der Waals surface area contributed by atoms with Crippen LogP contribution >= 0.6 is 19.2 Å². The van der Waals surface area contributed by atoms with Crippen LogP contribution in [0.15, 0.2) is 0 Å². The van der Waals surface area contributed by atoms with Crippen molar-refractivity contribution >= 4 is 24.7 Å². The third kappa shape index (κ3) is 0.642. The molecule has 5 heavy (non-hydrogen) atoms. The van der Waals surface area contributed by atoms with E-state index in [0.29, 0.717) is 13.3 Å².